The van der Waals surface area contributed by atoms with Crippen molar-refractivity contribution in [3.8, 4) is 0 Å². The van der Waals surface area contributed by atoms with Crippen LogP contribution in [0.5, 0.6) is 0 Å². The molecule has 0 aromatic carbocycles. The van der Waals surface area contributed by atoms with Crippen LogP contribution in [0.2, 0.25) is 0 Å². The predicted octanol–water partition coefficient (Wildman–Crippen LogP) is 2.58. The Kier molecular flexibility index (Phi) is 4.06. The summed E-state index contributed by atoms with van der Waals surface area (Å²) < 4.78 is 0.875. The van der Waals surface area contributed by atoms with Gasteiger partial charge in [0.2, 0.25) is 0 Å². The smallest absolute Gasteiger partial charge is 0.135 e. The molecule has 1 heterocycles. The SMILES string of the molecule is C=CCCc1ncnc(N)c1C(=C)I. The second-order valence-corrected chi connectivity index (χ2v) is 4.12. The maximum atomic E-state index is 5.75. The van der Waals surface area contributed by atoms with Crippen LogP contribution >= 0.6 is 22.6 Å². The van der Waals surface area contributed by atoms with Crippen LogP contribution in [0.15, 0.2) is 25.6 Å². The maximum absolute atomic E-state index is 5.75. The van der Waals surface area contributed by atoms with E-state index in [1.54, 1.807) is 0 Å². The van der Waals surface area contributed by atoms with Crippen LogP contribution in [-0.4, -0.2) is 9.97 Å². The van der Waals surface area contributed by atoms with Crippen molar-refractivity contribution in [3.63, 3.8) is 0 Å². The van der Waals surface area contributed by atoms with E-state index in [2.05, 4.69) is 45.7 Å². The first-order valence-electron chi connectivity index (χ1n) is 4.21. The lowest BCUT2D eigenvalue weighted by Crippen LogP contribution is -2.02. The highest BCUT2D eigenvalue weighted by atomic mass is 127. The molecule has 4 heteroatoms. The summed E-state index contributed by atoms with van der Waals surface area (Å²) in [6.07, 6.45) is 5.05. The van der Waals surface area contributed by atoms with Crippen LogP contribution in [0, 0.1) is 0 Å². The number of aromatic nitrogens is 2. The molecule has 0 bridgehead atoms. The molecule has 0 spiro atoms. The largest absolute Gasteiger partial charge is 0.383 e. The number of hydrogen-bond acceptors (Lipinski definition) is 3. The van der Waals surface area contributed by atoms with Gasteiger partial charge in [0, 0.05) is 3.58 Å². The topological polar surface area (TPSA) is 51.8 Å². The highest BCUT2D eigenvalue weighted by Gasteiger charge is 2.09. The van der Waals surface area contributed by atoms with Crippen LogP contribution in [0.25, 0.3) is 3.58 Å². The fourth-order valence-electron chi connectivity index (χ4n) is 1.16. The van der Waals surface area contributed by atoms with E-state index in [1.165, 1.54) is 6.33 Å². The molecule has 0 amide bonds. The van der Waals surface area contributed by atoms with E-state index in [-0.39, 0.29) is 0 Å². The van der Waals surface area contributed by atoms with Crippen molar-refractivity contribution in [2.24, 2.45) is 0 Å². The fourth-order valence-corrected chi connectivity index (χ4v) is 1.75. The van der Waals surface area contributed by atoms with E-state index in [0.29, 0.717) is 5.82 Å². The maximum Gasteiger partial charge on any atom is 0.135 e. The minimum Gasteiger partial charge on any atom is -0.383 e. The quantitative estimate of drug-likeness (QED) is 0.687. The van der Waals surface area contributed by atoms with Gasteiger partial charge in [0.05, 0.1) is 11.3 Å². The summed E-state index contributed by atoms with van der Waals surface area (Å²) in [4.78, 5) is 8.14. The Morgan fingerprint density at radius 3 is 2.86 bits per heavy atom. The Balaban J connectivity index is 3.07. The Bertz CT molecular complexity index is 360. The Morgan fingerprint density at radius 1 is 1.57 bits per heavy atom. The third kappa shape index (κ3) is 2.54. The second-order valence-electron chi connectivity index (χ2n) is 2.81. The van der Waals surface area contributed by atoms with Gasteiger partial charge in [-0.3, -0.25) is 0 Å². The molecule has 1 aromatic heterocycles. The van der Waals surface area contributed by atoms with Crippen LogP contribution in [0.4, 0.5) is 5.82 Å². The molecular formula is C10H12IN3. The lowest BCUT2D eigenvalue weighted by molar-refractivity contribution is 0.925. The summed E-state index contributed by atoms with van der Waals surface area (Å²) in [7, 11) is 0. The third-order valence-electron chi connectivity index (χ3n) is 1.81. The molecular weight excluding hydrogens is 289 g/mol. The van der Waals surface area contributed by atoms with Crippen LogP contribution in [0.1, 0.15) is 17.7 Å². The molecule has 3 nitrogen and oxygen atoms in total. The van der Waals surface area contributed by atoms with Gasteiger partial charge in [-0.1, -0.05) is 12.7 Å². The molecule has 0 aliphatic heterocycles. The minimum absolute atomic E-state index is 0.499. The van der Waals surface area contributed by atoms with Crippen molar-refractivity contribution in [1.29, 1.82) is 0 Å². The molecule has 0 unspecified atom stereocenters. The van der Waals surface area contributed by atoms with E-state index in [4.69, 9.17) is 5.73 Å². The number of hydrogen-bond donors (Lipinski definition) is 1. The lowest BCUT2D eigenvalue weighted by atomic mass is 10.1. The highest BCUT2D eigenvalue weighted by Crippen LogP contribution is 2.26. The molecule has 0 aliphatic carbocycles. The monoisotopic (exact) mass is 301 g/mol. The molecule has 2 N–H and O–H groups in total. The van der Waals surface area contributed by atoms with E-state index >= 15 is 0 Å². The van der Waals surface area contributed by atoms with Gasteiger partial charge in [0.15, 0.2) is 0 Å². The van der Waals surface area contributed by atoms with Crippen molar-refractivity contribution in [2.45, 2.75) is 12.8 Å². The Hall–Kier alpha value is -0.910. The van der Waals surface area contributed by atoms with Crippen molar-refractivity contribution in [1.82, 2.24) is 9.97 Å². The van der Waals surface area contributed by atoms with E-state index in [9.17, 15) is 0 Å². The van der Waals surface area contributed by atoms with E-state index in [0.717, 1.165) is 27.7 Å². The van der Waals surface area contributed by atoms with Gasteiger partial charge in [0.25, 0.3) is 0 Å². The number of aryl methyl sites for hydroxylation is 1. The second kappa shape index (κ2) is 5.09. The zero-order valence-electron chi connectivity index (χ0n) is 7.83. The van der Waals surface area contributed by atoms with Crippen molar-refractivity contribution < 1.29 is 0 Å². The Labute approximate surface area is 97.3 Å². The number of rotatable bonds is 4. The van der Waals surface area contributed by atoms with Gasteiger partial charge < -0.3 is 5.73 Å². The molecule has 0 saturated heterocycles. The zero-order valence-corrected chi connectivity index (χ0v) is 9.99. The number of allylic oxidation sites excluding steroid dienone is 1. The summed E-state index contributed by atoms with van der Waals surface area (Å²) in [6.45, 7) is 7.53. The molecule has 1 rings (SSSR count). The number of nitrogens with two attached hydrogens (primary N) is 1. The average Bonchev–Trinajstić information content (AvgIpc) is 2.14. The Morgan fingerprint density at radius 2 is 2.29 bits per heavy atom. The lowest BCUT2D eigenvalue weighted by Gasteiger charge is -2.07. The van der Waals surface area contributed by atoms with Crippen molar-refractivity contribution in [2.75, 3.05) is 5.73 Å². The van der Waals surface area contributed by atoms with E-state index in [1.807, 2.05) is 6.08 Å². The standard InChI is InChI=1S/C10H12IN3/c1-3-4-5-8-9(7(2)11)10(12)14-6-13-8/h3,6H,1-2,4-5H2,(H2,12,13,14). The van der Waals surface area contributed by atoms with Crippen LogP contribution < -0.4 is 5.73 Å². The number of nitrogen functional groups attached to an aromatic ring is 1. The first kappa shape index (κ1) is 11.2. The molecule has 0 atom stereocenters. The summed E-state index contributed by atoms with van der Waals surface area (Å²) in [6, 6.07) is 0. The molecule has 0 saturated carbocycles. The number of halogens is 1. The molecule has 0 fully saturated rings. The van der Waals surface area contributed by atoms with Gasteiger partial charge >= 0.3 is 0 Å². The molecule has 0 aliphatic rings. The van der Waals surface area contributed by atoms with Gasteiger partial charge in [-0.05, 0) is 35.4 Å². The summed E-state index contributed by atoms with van der Waals surface area (Å²) in [5.41, 5.74) is 7.56. The summed E-state index contributed by atoms with van der Waals surface area (Å²) >= 11 is 2.13. The van der Waals surface area contributed by atoms with Crippen LogP contribution in [0.3, 0.4) is 0 Å². The van der Waals surface area contributed by atoms with Crippen molar-refractivity contribution >= 4 is 32.0 Å². The van der Waals surface area contributed by atoms with Gasteiger partial charge in [-0.25, -0.2) is 9.97 Å². The van der Waals surface area contributed by atoms with E-state index < -0.39 is 0 Å². The first-order chi connectivity index (χ1) is 6.66. The van der Waals surface area contributed by atoms with Gasteiger partial charge in [0.1, 0.15) is 12.1 Å². The molecule has 14 heavy (non-hydrogen) atoms. The number of nitrogens with zero attached hydrogens (tertiary/aromatic N) is 2. The number of anilines is 1. The summed E-state index contributed by atoms with van der Waals surface area (Å²) in [5.74, 6) is 0.499. The molecule has 1 aromatic rings. The third-order valence-corrected chi connectivity index (χ3v) is 2.35. The first-order valence-corrected chi connectivity index (χ1v) is 5.29. The fraction of sp³-hybridized carbons (Fsp3) is 0.200. The zero-order chi connectivity index (χ0) is 10.6. The van der Waals surface area contributed by atoms with Gasteiger partial charge in [-0.15, -0.1) is 6.58 Å². The average molecular weight is 301 g/mol. The minimum atomic E-state index is 0.499. The predicted molar refractivity (Wildman–Crippen MR) is 68.0 cm³/mol. The van der Waals surface area contributed by atoms with Crippen LogP contribution in [-0.2, 0) is 6.42 Å². The molecule has 0 radical (unpaired) electrons. The highest BCUT2D eigenvalue weighted by molar-refractivity contribution is 14.1. The molecule has 74 valence electrons. The normalized spacial score (nSPS) is 9.79. The van der Waals surface area contributed by atoms with Crippen molar-refractivity contribution in [3.05, 3.63) is 36.8 Å². The van der Waals surface area contributed by atoms with Gasteiger partial charge in [-0.2, -0.15) is 0 Å². The summed E-state index contributed by atoms with van der Waals surface area (Å²) in [5, 5.41) is 0.